The Morgan fingerprint density at radius 2 is 1.93 bits per heavy atom. The van der Waals surface area contributed by atoms with Crippen molar-refractivity contribution in [2.24, 2.45) is 11.8 Å². The molecule has 4 fully saturated rings. The lowest BCUT2D eigenvalue weighted by molar-refractivity contribution is -0.141. The minimum atomic E-state index is 0.302. The van der Waals surface area contributed by atoms with Crippen LogP contribution in [0.5, 0.6) is 5.88 Å². The Balaban J connectivity index is 1.26. The van der Waals surface area contributed by atoms with Gasteiger partial charge in [0.2, 0.25) is 17.7 Å². The number of carbonyl (C=O) groups excluding carboxylic acids is 1. The summed E-state index contributed by atoms with van der Waals surface area (Å²) in [6.45, 7) is 2.07. The van der Waals surface area contributed by atoms with Crippen LogP contribution in [0.1, 0.15) is 51.4 Å². The zero-order chi connectivity index (χ0) is 20.7. The maximum atomic E-state index is 12.9. The summed E-state index contributed by atoms with van der Waals surface area (Å²) < 4.78 is 11.0. The maximum absolute atomic E-state index is 12.9. The van der Waals surface area contributed by atoms with E-state index in [2.05, 4.69) is 19.8 Å². The van der Waals surface area contributed by atoms with E-state index >= 15 is 0 Å². The molecule has 4 heterocycles. The molecule has 1 amide bonds. The minimum Gasteiger partial charge on any atom is -0.477 e. The Labute approximate surface area is 183 Å². The first kappa shape index (κ1) is 20.3. The van der Waals surface area contributed by atoms with Crippen molar-refractivity contribution >= 4 is 23.5 Å². The normalized spacial score (nSPS) is 28.7. The van der Waals surface area contributed by atoms with Crippen molar-refractivity contribution in [3.05, 3.63) is 11.2 Å². The standard InChI is InChI=1S/C22H31ClN4O3/c1-26(22-24-19(23)10-20(25-22)30-13-15-11-29-12-15)18-8-16-3-2-4-17(9-18)27(16)21(28)7-14-5-6-14/h10,14-18H,2-9,11-13H2,1H3/t16-,17+,18+. The lowest BCUT2D eigenvalue weighted by atomic mass is 9.81. The zero-order valence-electron chi connectivity index (χ0n) is 17.6. The molecule has 3 atom stereocenters. The SMILES string of the molecule is CN(c1nc(Cl)cc(OCC2COC2)n1)[C@H]1C[C@H]2CCC[C@@H](C1)N2C(=O)CC1CC1. The molecule has 30 heavy (non-hydrogen) atoms. The van der Waals surface area contributed by atoms with E-state index in [0.29, 0.717) is 59.5 Å². The molecule has 0 radical (unpaired) electrons. The minimum absolute atomic E-state index is 0.302. The Kier molecular flexibility index (Phi) is 5.75. The number of halogens is 1. The van der Waals surface area contributed by atoms with E-state index in [1.807, 2.05) is 7.05 Å². The highest BCUT2D eigenvalue weighted by molar-refractivity contribution is 6.29. The second-order valence-corrected chi connectivity index (χ2v) is 9.85. The van der Waals surface area contributed by atoms with Crippen LogP contribution in [0.4, 0.5) is 5.95 Å². The fourth-order valence-corrected chi connectivity index (χ4v) is 5.28. The third kappa shape index (κ3) is 4.37. The van der Waals surface area contributed by atoms with E-state index in [4.69, 9.17) is 21.1 Å². The molecule has 0 aromatic carbocycles. The summed E-state index contributed by atoms with van der Waals surface area (Å²) in [5, 5.41) is 0.393. The van der Waals surface area contributed by atoms with Crippen LogP contribution in [0, 0.1) is 11.8 Å². The zero-order valence-corrected chi connectivity index (χ0v) is 18.4. The van der Waals surface area contributed by atoms with Crippen molar-refractivity contribution < 1.29 is 14.3 Å². The molecule has 1 aliphatic carbocycles. The first-order valence-corrected chi connectivity index (χ1v) is 11.7. The molecule has 5 rings (SSSR count). The molecule has 0 N–H and O–H groups in total. The van der Waals surface area contributed by atoms with E-state index in [9.17, 15) is 4.79 Å². The molecule has 3 aliphatic heterocycles. The van der Waals surface area contributed by atoms with Crippen molar-refractivity contribution in [3.8, 4) is 5.88 Å². The van der Waals surface area contributed by atoms with Crippen LogP contribution in [-0.4, -0.2) is 65.8 Å². The molecule has 3 saturated heterocycles. The highest BCUT2D eigenvalue weighted by Crippen LogP contribution is 2.40. The third-order valence-corrected chi connectivity index (χ3v) is 7.29. The van der Waals surface area contributed by atoms with Gasteiger partial charge in [-0.1, -0.05) is 11.6 Å². The average molecular weight is 435 g/mol. The smallest absolute Gasteiger partial charge is 0.230 e. The lowest BCUT2D eigenvalue weighted by Gasteiger charge is -2.50. The number of rotatable bonds is 7. The lowest BCUT2D eigenvalue weighted by Crippen LogP contribution is -2.58. The predicted octanol–water partition coefficient (Wildman–Crippen LogP) is 3.30. The van der Waals surface area contributed by atoms with Gasteiger partial charge in [0.15, 0.2) is 0 Å². The number of anilines is 1. The number of ether oxygens (including phenoxy) is 2. The summed E-state index contributed by atoms with van der Waals surface area (Å²) >= 11 is 6.28. The molecule has 1 aromatic heterocycles. The number of carbonyl (C=O) groups is 1. The Morgan fingerprint density at radius 1 is 1.20 bits per heavy atom. The fourth-order valence-electron chi connectivity index (χ4n) is 5.11. The number of hydrogen-bond acceptors (Lipinski definition) is 6. The largest absolute Gasteiger partial charge is 0.477 e. The van der Waals surface area contributed by atoms with Crippen LogP contribution >= 0.6 is 11.6 Å². The van der Waals surface area contributed by atoms with Crippen molar-refractivity contribution in [3.63, 3.8) is 0 Å². The number of hydrogen-bond donors (Lipinski definition) is 0. The van der Waals surface area contributed by atoms with Gasteiger partial charge in [-0.2, -0.15) is 4.98 Å². The van der Waals surface area contributed by atoms with E-state index in [-0.39, 0.29) is 0 Å². The second-order valence-electron chi connectivity index (χ2n) is 9.47. The molecule has 164 valence electrons. The Morgan fingerprint density at radius 3 is 2.57 bits per heavy atom. The van der Waals surface area contributed by atoms with Crippen LogP contribution in [0.2, 0.25) is 5.15 Å². The van der Waals surface area contributed by atoms with Crippen molar-refractivity contribution in [1.29, 1.82) is 0 Å². The topological polar surface area (TPSA) is 67.8 Å². The van der Waals surface area contributed by atoms with E-state index in [0.717, 1.165) is 45.3 Å². The van der Waals surface area contributed by atoms with Gasteiger partial charge < -0.3 is 19.3 Å². The highest BCUT2D eigenvalue weighted by Gasteiger charge is 2.43. The molecule has 1 aromatic rings. The van der Waals surface area contributed by atoms with Gasteiger partial charge in [-0.05, 0) is 50.9 Å². The summed E-state index contributed by atoms with van der Waals surface area (Å²) in [6, 6.07) is 2.65. The number of fused-ring (bicyclic) bond motifs is 2. The van der Waals surface area contributed by atoms with Gasteiger partial charge in [0.25, 0.3) is 0 Å². The number of amides is 1. The van der Waals surface area contributed by atoms with Crippen LogP contribution < -0.4 is 9.64 Å². The van der Waals surface area contributed by atoms with Gasteiger partial charge in [-0.25, -0.2) is 4.98 Å². The quantitative estimate of drug-likeness (QED) is 0.613. The number of nitrogens with zero attached hydrogens (tertiary/aromatic N) is 4. The summed E-state index contributed by atoms with van der Waals surface area (Å²) in [7, 11) is 2.04. The monoisotopic (exact) mass is 434 g/mol. The molecule has 1 saturated carbocycles. The van der Waals surface area contributed by atoms with Crippen molar-refractivity contribution in [1.82, 2.24) is 14.9 Å². The summed E-state index contributed by atoms with van der Waals surface area (Å²) in [4.78, 5) is 26.4. The van der Waals surface area contributed by atoms with Gasteiger partial charge in [0, 0.05) is 43.6 Å². The second kappa shape index (κ2) is 8.50. The summed E-state index contributed by atoms with van der Waals surface area (Å²) in [5.41, 5.74) is 0. The van der Waals surface area contributed by atoms with E-state index in [1.165, 1.54) is 19.3 Å². The third-order valence-electron chi connectivity index (χ3n) is 7.09. The van der Waals surface area contributed by atoms with Gasteiger partial charge in [-0.3, -0.25) is 4.79 Å². The maximum Gasteiger partial charge on any atom is 0.230 e. The summed E-state index contributed by atoms with van der Waals surface area (Å²) in [5.74, 6) is 2.56. The van der Waals surface area contributed by atoms with E-state index < -0.39 is 0 Å². The van der Waals surface area contributed by atoms with Gasteiger partial charge in [-0.15, -0.1) is 0 Å². The molecule has 0 unspecified atom stereocenters. The molecule has 0 spiro atoms. The molecular formula is C22H31ClN4O3. The van der Waals surface area contributed by atoms with E-state index in [1.54, 1.807) is 6.07 Å². The van der Waals surface area contributed by atoms with Crippen LogP contribution in [-0.2, 0) is 9.53 Å². The first-order chi connectivity index (χ1) is 14.6. The molecule has 4 aliphatic rings. The predicted molar refractivity (Wildman–Crippen MR) is 114 cm³/mol. The van der Waals surface area contributed by atoms with Gasteiger partial charge >= 0.3 is 0 Å². The van der Waals surface area contributed by atoms with Crippen LogP contribution in [0.3, 0.4) is 0 Å². The molecule has 8 heteroatoms. The number of aromatic nitrogens is 2. The number of piperidine rings is 2. The Bertz CT molecular complexity index is 772. The molecule has 2 bridgehead atoms. The van der Waals surface area contributed by atoms with Gasteiger partial charge in [0.1, 0.15) is 5.15 Å². The van der Waals surface area contributed by atoms with Crippen molar-refractivity contribution in [2.45, 2.75) is 69.5 Å². The highest BCUT2D eigenvalue weighted by atomic mass is 35.5. The van der Waals surface area contributed by atoms with Crippen LogP contribution in [0.25, 0.3) is 0 Å². The Hall–Kier alpha value is -1.60. The average Bonchev–Trinajstić information content (AvgIpc) is 3.48. The van der Waals surface area contributed by atoms with Crippen LogP contribution in [0.15, 0.2) is 6.07 Å². The van der Waals surface area contributed by atoms with Crippen molar-refractivity contribution in [2.75, 3.05) is 31.8 Å². The first-order valence-electron chi connectivity index (χ1n) is 11.4. The van der Waals surface area contributed by atoms with Gasteiger partial charge in [0.05, 0.1) is 19.8 Å². The molecule has 7 nitrogen and oxygen atoms in total. The molecular weight excluding hydrogens is 404 g/mol. The fraction of sp³-hybridized carbons (Fsp3) is 0.773. The summed E-state index contributed by atoms with van der Waals surface area (Å²) in [6.07, 6.45) is 8.56.